The fraction of sp³-hybridized carbons (Fsp3) is 0.167. The Labute approximate surface area is 180 Å². The van der Waals surface area contributed by atoms with Gasteiger partial charge in [0, 0.05) is 25.0 Å². The van der Waals surface area contributed by atoms with Crippen molar-refractivity contribution in [2.45, 2.75) is 25.0 Å². The van der Waals surface area contributed by atoms with Crippen molar-refractivity contribution in [3.63, 3.8) is 0 Å². The highest BCUT2D eigenvalue weighted by Crippen LogP contribution is 2.27. The Morgan fingerprint density at radius 3 is 1.31 bits per heavy atom. The number of halogens is 4. The molecule has 0 saturated carbocycles. The first-order valence-corrected chi connectivity index (χ1v) is 9.69. The lowest BCUT2D eigenvalue weighted by Crippen LogP contribution is -2.41. The molecule has 4 rings (SSSR count). The van der Waals surface area contributed by atoms with Gasteiger partial charge in [0.1, 0.15) is 35.5 Å². The summed E-state index contributed by atoms with van der Waals surface area (Å²) < 4.78 is 64.8. The van der Waals surface area contributed by atoms with E-state index < -0.39 is 47.4 Å². The Hall–Kier alpha value is -3.68. The Balaban J connectivity index is 1.59. The van der Waals surface area contributed by atoms with E-state index in [-0.39, 0.29) is 24.0 Å². The summed E-state index contributed by atoms with van der Waals surface area (Å²) in [6, 6.07) is 11.8. The first-order chi connectivity index (χ1) is 15.3. The topological polar surface area (TPSA) is 52.6 Å². The van der Waals surface area contributed by atoms with E-state index >= 15 is 0 Å². The standard InChI is InChI=1S/C24H16F4O4/c25-17-5-15(6-18(26)11-17)23(29)31-21-9-13-3-1-2-4-14(13)10-22(21)32-24(30)16-7-19(27)12-20(28)8-16/h1-8,11-12,21-22H,9-10H2/t21-,22+. The second-order valence-corrected chi connectivity index (χ2v) is 7.38. The molecule has 1 aliphatic carbocycles. The van der Waals surface area contributed by atoms with E-state index in [2.05, 4.69) is 0 Å². The van der Waals surface area contributed by atoms with Crippen LogP contribution in [0.15, 0.2) is 60.7 Å². The minimum Gasteiger partial charge on any atom is -0.454 e. The summed E-state index contributed by atoms with van der Waals surface area (Å²) in [5, 5.41) is 0. The molecule has 0 bridgehead atoms. The van der Waals surface area contributed by atoms with Crippen molar-refractivity contribution in [1.29, 1.82) is 0 Å². The van der Waals surface area contributed by atoms with Crippen molar-refractivity contribution in [3.8, 4) is 0 Å². The van der Waals surface area contributed by atoms with Gasteiger partial charge in [-0.05, 0) is 35.4 Å². The van der Waals surface area contributed by atoms with Crippen LogP contribution in [0.2, 0.25) is 0 Å². The van der Waals surface area contributed by atoms with E-state index in [4.69, 9.17) is 9.47 Å². The van der Waals surface area contributed by atoms with Crippen molar-refractivity contribution in [3.05, 3.63) is 106 Å². The zero-order valence-corrected chi connectivity index (χ0v) is 16.5. The number of hydrogen-bond donors (Lipinski definition) is 0. The molecule has 2 atom stereocenters. The van der Waals surface area contributed by atoms with Gasteiger partial charge < -0.3 is 9.47 Å². The molecule has 0 radical (unpaired) electrons. The van der Waals surface area contributed by atoms with Crippen LogP contribution in [-0.4, -0.2) is 24.1 Å². The normalized spacial score (nSPS) is 17.4. The smallest absolute Gasteiger partial charge is 0.338 e. The summed E-state index contributed by atoms with van der Waals surface area (Å²) in [5.74, 6) is -5.76. The Bertz CT molecular complexity index is 1060. The molecule has 0 unspecified atom stereocenters. The summed E-state index contributed by atoms with van der Waals surface area (Å²) in [7, 11) is 0. The van der Waals surface area contributed by atoms with Crippen molar-refractivity contribution in [2.75, 3.05) is 0 Å². The molecule has 1 aliphatic rings. The van der Waals surface area contributed by atoms with E-state index in [9.17, 15) is 27.2 Å². The number of fused-ring (bicyclic) bond motifs is 1. The Morgan fingerprint density at radius 2 is 0.969 bits per heavy atom. The predicted molar refractivity (Wildman–Crippen MR) is 105 cm³/mol. The summed E-state index contributed by atoms with van der Waals surface area (Å²) in [4.78, 5) is 25.0. The molecule has 0 aromatic heterocycles. The second kappa shape index (κ2) is 8.82. The molecular weight excluding hydrogens is 428 g/mol. The highest BCUT2D eigenvalue weighted by Gasteiger charge is 2.35. The number of benzene rings is 3. The minimum absolute atomic E-state index is 0.176. The van der Waals surface area contributed by atoms with Gasteiger partial charge in [-0.3, -0.25) is 0 Å². The molecule has 0 saturated heterocycles. The molecule has 0 fully saturated rings. The Morgan fingerprint density at radius 1 is 0.625 bits per heavy atom. The summed E-state index contributed by atoms with van der Waals surface area (Å²) >= 11 is 0. The zero-order valence-electron chi connectivity index (χ0n) is 16.5. The lowest BCUT2D eigenvalue weighted by Gasteiger charge is -2.32. The van der Waals surface area contributed by atoms with Crippen molar-refractivity contribution in [2.24, 2.45) is 0 Å². The third-order valence-electron chi connectivity index (χ3n) is 5.09. The van der Waals surface area contributed by atoms with Gasteiger partial charge >= 0.3 is 11.9 Å². The number of ether oxygens (including phenoxy) is 2. The predicted octanol–water partition coefficient (Wildman–Crippen LogP) is 4.79. The average Bonchev–Trinajstić information content (AvgIpc) is 2.72. The van der Waals surface area contributed by atoms with Crippen LogP contribution in [0, 0.1) is 23.3 Å². The summed E-state index contributed by atoms with van der Waals surface area (Å²) in [6.45, 7) is 0. The van der Waals surface area contributed by atoms with Crippen LogP contribution in [-0.2, 0) is 22.3 Å². The molecule has 0 aliphatic heterocycles. The van der Waals surface area contributed by atoms with Gasteiger partial charge in [-0.1, -0.05) is 24.3 Å². The average molecular weight is 444 g/mol. The third kappa shape index (κ3) is 4.80. The van der Waals surface area contributed by atoms with Crippen LogP contribution >= 0.6 is 0 Å². The van der Waals surface area contributed by atoms with Gasteiger partial charge in [0.2, 0.25) is 0 Å². The number of esters is 2. The maximum Gasteiger partial charge on any atom is 0.338 e. The largest absolute Gasteiger partial charge is 0.454 e. The maximum absolute atomic E-state index is 13.5. The molecule has 164 valence electrons. The minimum atomic E-state index is -0.995. The molecule has 3 aromatic carbocycles. The van der Waals surface area contributed by atoms with Gasteiger partial charge in [0.25, 0.3) is 0 Å². The fourth-order valence-electron chi connectivity index (χ4n) is 3.64. The molecule has 0 N–H and O–H groups in total. The van der Waals surface area contributed by atoms with Gasteiger partial charge in [0.15, 0.2) is 0 Å². The number of carbonyl (C=O) groups excluding carboxylic acids is 2. The Kier molecular flexibility index (Phi) is 5.94. The summed E-state index contributed by atoms with van der Waals surface area (Å²) in [5.41, 5.74) is 1.02. The van der Waals surface area contributed by atoms with Gasteiger partial charge in [-0.15, -0.1) is 0 Å². The van der Waals surface area contributed by atoms with E-state index in [1.165, 1.54) is 0 Å². The van der Waals surface area contributed by atoms with Crippen LogP contribution in [0.1, 0.15) is 31.8 Å². The SMILES string of the molecule is O=C(O[C@H]1Cc2ccccc2C[C@H]1OC(=O)c1cc(F)cc(F)c1)c1cc(F)cc(F)c1. The van der Waals surface area contributed by atoms with Crippen molar-refractivity contribution >= 4 is 11.9 Å². The second-order valence-electron chi connectivity index (χ2n) is 7.38. The molecule has 0 amide bonds. The fourth-order valence-corrected chi connectivity index (χ4v) is 3.64. The lowest BCUT2D eigenvalue weighted by atomic mass is 9.87. The van der Waals surface area contributed by atoms with Crippen LogP contribution in [0.4, 0.5) is 17.6 Å². The van der Waals surface area contributed by atoms with E-state index in [1.807, 2.05) is 12.1 Å². The molecule has 32 heavy (non-hydrogen) atoms. The molecule has 0 spiro atoms. The highest BCUT2D eigenvalue weighted by atomic mass is 19.1. The van der Waals surface area contributed by atoms with E-state index in [0.717, 1.165) is 35.4 Å². The molecular formula is C24H16F4O4. The first kappa shape index (κ1) is 21.5. The van der Waals surface area contributed by atoms with Crippen LogP contribution in [0.5, 0.6) is 0 Å². The number of rotatable bonds is 4. The van der Waals surface area contributed by atoms with Crippen molar-refractivity contribution in [1.82, 2.24) is 0 Å². The van der Waals surface area contributed by atoms with Gasteiger partial charge in [-0.2, -0.15) is 0 Å². The highest BCUT2D eigenvalue weighted by molar-refractivity contribution is 5.90. The van der Waals surface area contributed by atoms with Gasteiger partial charge in [-0.25, -0.2) is 27.2 Å². The monoisotopic (exact) mass is 444 g/mol. The van der Waals surface area contributed by atoms with E-state index in [0.29, 0.717) is 12.1 Å². The van der Waals surface area contributed by atoms with Crippen LogP contribution < -0.4 is 0 Å². The number of carbonyl (C=O) groups is 2. The molecule has 4 nitrogen and oxygen atoms in total. The quantitative estimate of drug-likeness (QED) is 0.429. The molecule has 3 aromatic rings. The molecule has 8 heteroatoms. The van der Waals surface area contributed by atoms with Gasteiger partial charge in [0.05, 0.1) is 11.1 Å². The third-order valence-corrected chi connectivity index (χ3v) is 5.09. The zero-order chi connectivity index (χ0) is 22.8. The summed E-state index contributed by atoms with van der Waals surface area (Å²) in [6.07, 6.45) is -1.61. The van der Waals surface area contributed by atoms with Crippen LogP contribution in [0.25, 0.3) is 0 Å². The molecule has 0 heterocycles. The number of hydrogen-bond acceptors (Lipinski definition) is 4. The van der Waals surface area contributed by atoms with E-state index in [1.54, 1.807) is 12.1 Å². The lowest BCUT2D eigenvalue weighted by molar-refractivity contribution is -0.0390. The maximum atomic E-state index is 13.5. The van der Waals surface area contributed by atoms with Crippen LogP contribution in [0.3, 0.4) is 0 Å². The first-order valence-electron chi connectivity index (χ1n) is 9.69. The van der Waals surface area contributed by atoms with Crippen molar-refractivity contribution < 1.29 is 36.6 Å².